The third kappa shape index (κ3) is 1.53. The number of aromatic nitrogens is 2. The van der Waals surface area contributed by atoms with Crippen LogP contribution in [0.25, 0.3) is 11.3 Å². The molecule has 0 aliphatic rings. The highest BCUT2D eigenvalue weighted by Crippen LogP contribution is 2.19. The van der Waals surface area contributed by atoms with Crippen LogP contribution in [0.2, 0.25) is 0 Å². The van der Waals surface area contributed by atoms with Gasteiger partial charge in [-0.05, 0) is 12.5 Å². The average molecular weight is 189 g/mol. The number of hydrogen-bond acceptors (Lipinski definition) is 1. The van der Waals surface area contributed by atoms with Crippen LogP contribution in [-0.4, -0.2) is 9.97 Å². The van der Waals surface area contributed by atoms with Crippen molar-refractivity contribution in [2.24, 2.45) is 0 Å². The predicted molar refractivity (Wildman–Crippen MR) is 52.4 cm³/mol. The first-order valence-corrected chi connectivity index (χ1v) is 4.39. The van der Waals surface area contributed by atoms with Gasteiger partial charge in [-0.1, -0.05) is 24.3 Å². The van der Waals surface area contributed by atoms with Crippen LogP contribution in [0.5, 0.6) is 0 Å². The summed E-state index contributed by atoms with van der Waals surface area (Å²) in [4.78, 5) is 6.95. The summed E-state index contributed by atoms with van der Waals surface area (Å²) >= 11 is 0. The number of nitrogens with one attached hydrogen (secondary N) is 1. The Hall–Kier alpha value is -1.64. The van der Waals surface area contributed by atoms with Crippen LogP contribution in [0.15, 0.2) is 24.3 Å². The lowest BCUT2D eigenvalue weighted by atomic mass is 10.1. The fourth-order valence-corrected chi connectivity index (χ4v) is 1.34. The fourth-order valence-electron chi connectivity index (χ4n) is 1.34. The summed E-state index contributed by atoms with van der Waals surface area (Å²) in [6.07, 6.45) is 2.68. The van der Waals surface area contributed by atoms with Gasteiger partial charge in [0.15, 0.2) is 6.33 Å². The Morgan fingerprint density at radius 1 is 1.36 bits per heavy atom. The average Bonchev–Trinajstić information content (AvgIpc) is 2.65. The number of imidazole rings is 1. The molecule has 71 valence electrons. The molecule has 0 atom stereocenters. The van der Waals surface area contributed by atoms with Crippen molar-refractivity contribution in [2.45, 2.75) is 13.6 Å². The van der Waals surface area contributed by atoms with Gasteiger partial charge in [0.2, 0.25) is 0 Å². The molecule has 0 saturated heterocycles. The van der Waals surface area contributed by atoms with Crippen LogP contribution in [-0.2, 0) is 6.67 Å². The van der Waals surface area contributed by atoms with Gasteiger partial charge < -0.3 is 4.98 Å². The quantitative estimate of drug-likeness (QED) is 0.773. The molecule has 1 radical (unpaired) electrons. The molecular weight excluding hydrogens is 179 g/mol. The topological polar surface area (TPSA) is 28.7 Å². The molecule has 2 nitrogen and oxygen atoms in total. The Balaban J connectivity index is 2.39. The molecule has 0 bridgehead atoms. The van der Waals surface area contributed by atoms with E-state index in [1.807, 2.05) is 19.1 Å². The second-order valence-corrected chi connectivity index (χ2v) is 3.15. The molecule has 3 heteroatoms. The lowest BCUT2D eigenvalue weighted by Crippen LogP contribution is -1.83. The maximum atomic E-state index is 12.3. The van der Waals surface area contributed by atoms with Crippen molar-refractivity contribution >= 4 is 0 Å². The molecule has 1 aromatic carbocycles. The van der Waals surface area contributed by atoms with Crippen molar-refractivity contribution in [2.75, 3.05) is 0 Å². The number of benzene rings is 1. The first kappa shape index (κ1) is 8.94. The smallest absolute Gasteiger partial charge is 0.174 e. The van der Waals surface area contributed by atoms with Crippen LogP contribution >= 0.6 is 0 Å². The van der Waals surface area contributed by atoms with Crippen LogP contribution in [0.4, 0.5) is 4.39 Å². The molecule has 2 rings (SSSR count). The number of rotatable bonds is 2. The molecule has 0 unspecified atom stereocenters. The first-order valence-electron chi connectivity index (χ1n) is 4.39. The van der Waals surface area contributed by atoms with E-state index in [0.29, 0.717) is 5.56 Å². The maximum Gasteiger partial charge on any atom is 0.174 e. The molecule has 0 aliphatic carbocycles. The summed E-state index contributed by atoms with van der Waals surface area (Å²) in [5.41, 5.74) is 3.51. The molecule has 1 heterocycles. The zero-order chi connectivity index (χ0) is 9.97. The van der Waals surface area contributed by atoms with Crippen LogP contribution in [0, 0.1) is 13.3 Å². The van der Waals surface area contributed by atoms with E-state index in [4.69, 9.17) is 0 Å². The number of nitrogens with zero attached hydrogens (tertiary/aromatic N) is 1. The number of halogens is 1. The number of aryl methyl sites for hydroxylation is 1. The van der Waals surface area contributed by atoms with Gasteiger partial charge >= 0.3 is 0 Å². The van der Waals surface area contributed by atoms with Crippen LogP contribution in [0.3, 0.4) is 0 Å². The van der Waals surface area contributed by atoms with E-state index < -0.39 is 6.67 Å². The third-order valence-electron chi connectivity index (χ3n) is 2.15. The zero-order valence-electron chi connectivity index (χ0n) is 7.84. The Bertz CT molecular complexity index is 417. The number of hydrogen-bond donors (Lipinski definition) is 1. The molecule has 0 fully saturated rings. The Morgan fingerprint density at radius 2 is 2.07 bits per heavy atom. The molecule has 1 N–H and O–H groups in total. The van der Waals surface area contributed by atoms with Crippen LogP contribution < -0.4 is 0 Å². The van der Waals surface area contributed by atoms with Crippen LogP contribution in [0.1, 0.15) is 11.3 Å². The molecule has 14 heavy (non-hydrogen) atoms. The highest BCUT2D eigenvalue weighted by Gasteiger charge is 2.03. The second-order valence-electron chi connectivity index (χ2n) is 3.15. The number of H-pyrrole nitrogens is 1. The predicted octanol–water partition coefficient (Wildman–Crippen LogP) is 2.65. The van der Waals surface area contributed by atoms with Gasteiger partial charge in [0.05, 0.1) is 5.69 Å². The van der Waals surface area contributed by atoms with Gasteiger partial charge in [-0.3, -0.25) is 0 Å². The second kappa shape index (κ2) is 3.62. The SMILES string of the molecule is Cc1[nH][c]nc1-c1ccc(CF)cc1. The van der Waals surface area contributed by atoms with Gasteiger partial charge in [-0.2, -0.15) is 0 Å². The normalized spacial score (nSPS) is 10.4. The van der Waals surface area contributed by atoms with E-state index in [-0.39, 0.29) is 0 Å². The molecule has 0 saturated carbocycles. The highest BCUT2D eigenvalue weighted by molar-refractivity contribution is 5.61. The monoisotopic (exact) mass is 189 g/mol. The van der Waals surface area contributed by atoms with E-state index in [0.717, 1.165) is 17.0 Å². The third-order valence-corrected chi connectivity index (χ3v) is 2.15. The van der Waals surface area contributed by atoms with E-state index in [1.165, 1.54) is 0 Å². The van der Waals surface area contributed by atoms with E-state index in [2.05, 4.69) is 16.3 Å². The summed E-state index contributed by atoms with van der Waals surface area (Å²) in [6.45, 7) is 1.51. The van der Waals surface area contributed by atoms with Crippen molar-refractivity contribution < 1.29 is 4.39 Å². The Kier molecular flexibility index (Phi) is 2.31. The van der Waals surface area contributed by atoms with E-state index >= 15 is 0 Å². The summed E-state index contributed by atoms with van der Waals surface area (Å²) in [5, 5.41) is 0. The lowest BCUT2D eigenvalue weighted by molar-refractivity contribution is 0.485. The zero-order valence-corrected chi connectivity index (χ0v) is 7.84. The Labute approximate surface area is 81.8 Å². The van der Waals surface area contributed by atoms with E-state index in [9.17, 15) is 4.39 Å². The van der Waals surface area contributed by atoms with Crippen molar-refractivity contribution in [3.05, 3.63) is 41.9 Å². The standard InChI is InChI=1S/C11H10FN2/c1-8-11(14-7-13-8)10-4-2-9(6-12)3-5-10/h2-5H,6H2,1H3,(H,13,14). The number of alkyl halides is 1. The van der Waals surface area contributed by atoms with Crippen molar-refractivity contribution in [1.29, 1.82) is 0 Å². The van der Waals surface area contributed by atoms with Gasteiger partial charge in [-0.15, -0.1) is 0 Å². The summed E-state index contributed by atoms with van der Waals surface area (Å²) in [7, 11) is 0. The van der Waals surface area contributed by atoms with Gasteiger partial charge in [-0.25, -0.2) is 9.37 Å². The van der Waals surface area contributed by atoms with E-state index in [1.54, 1.807) is 12.1 Å². The van der Waals surface area contributed by atoms with Crippen molar-refractivity contribution in [1.82, 2.24) is 9.97 Å². The highest BCUT2D eigenvalue weighted by atomic mass is 19.1. The van der Waals surface area contributed by atoms with Gasteiger partial charge in [0, 0.05) is 11.3 Å². The molecular formula is C11H10FN2. The minimum absolute atomic E-state index is 0.425. The minimum atomic E-state index is -0.425. The largest absolute Gasteiger partial charge is 0.339 e. The molecule has 0 spiro atoms. The van der Waals surface area contributed by atoms with Gasteiger partial charge in [0.25, 0.3) is 0 Å². The summed E-state index contributed by atoms with van der Waals surface area (Å²) < 4.78 is 12.3. The van der Waals surface area contributed by atoms with Crippen molar-refractivity contribution in [3.63, 3.8) is 0 Å². The summed E-state index contributed by atoms with van der Waals surface area (Å²) in [5.74, 6) is 0. The summed E-state index contributed by atoms with van der Waals surface area (Å²) in [6, 6.07) is 7.27. The van der Waals surface area contributed by atoms with Gasteiger partial charge in [0.1, 0.15) is 6.67 Å². The first-order chi connectivity index (χ1) is 6.81. The number of aromatic amines is 1. The molecule has 0 aliphatic heterocycles. The maximum absolute atomic E-state index is 12.3. The molecule has 0 amide bonds. The molecule has 1 aromatic heterocycles. The fraction of sp³-hybridized carbons (Fsp3) is 0.182. The molecule has 2 aromatic rings. The van der Waals surface area contributed by atoms with Crippen molar-refractivity contribution in [3.8, 4) is 11.3 Å². The Morgan fingerprint density at radius 3 is 2.57 bits per heavy atom. The lowest BCUT2D eigenvalue weighted by Gasteiger charge is -1.99. The minimum Gasteiger partial charge on any atom is -0.339 e.